The molecule has 0 aromatic heterocycles. The van der Waals surface area contributed by atoms with E-state index >= 15 is 0 Å². The first-order valence-electron chi connectivity index (χ1n) is 10.6. The maximum atomic E-state index is 12.9. The number of carbonyl (C=O) groups excluding carboxylic acids is 3. The molecule has 2 fully saturated rings. The number of ether oxygens (including phenoxy) is 1. The van der Waals surface area contributed by atoms with Crippen LogP contribution < -0.4 is 5.32 Å². The number of carbonyl (C=O) groups is 3. The maximum Gasteiger partial charge on any atom is 0.330 e. The summed E-state index contributed by atoms with van der Waals surface area (Å²) in [5.41, 5.74) is 1.52. The van der Waals surface area contributed by atoms with Crippen LogP contribution in [0.25, 0.3) is 6.08 Å². The number of esters is 1. The van der Waals surface area contributed by atoms with Crippen LogP contribution in [-0.2, 0) is 19.1 Å². The van der Waals surface area contributed by atoms with Crippen molar-refractivity contribution in [1.82, 2.24) is 4.90 Å². The fraction of sp³-hybridized carbons (Fsp3) is 0.522. The monoisotopic (exact) mass is 398 g/mol. The van der Waals surface area contributed by atoms with Gasteiger partial charge >= 0.3 is 5.97 Å². The van der Waals surface area contributed by atoms with Gasteiger partial charge in [-0.25, -0.2) is 4.79 Å². The van der Waals surface area contributed by atoms with E-state index in [0.717, 1.165) is 37.7 Å². The Hall–Kier alpha value is -2.63. The summed E-state index contributed by atoms with van der Waals surface area (Å²) in [4.78, 5) is 38.9. The van der Waals surface area contributed by atoms with Crippen LogP contribution in [0.15, 0.2) is 30.3 Å². The molecule has 1 aromatic carbocycles. The first-order valence-corrected chi connectivity index (χ1v) is 10.6. The average molecular weight is 399 g/mol. The maximum absolute atomic E-state index is 12.9. The van der Waals surface area contributed by atoms with Crippen molar-refractivity contribution >= 4 is 29.5 Å². The minimum atomic E-state index is -0.382. The van der Waals surface area contributed by atoms with E-state index in [4.69, 9.17) is 4.74 Å². The molecule has 1 N–H and O–H groups in total. The average Bonchev–Trinajstić information content (AvgIpc) is 3.24. The predicted molar refractivity (Wildman–Crippen MR) is 112 cm³/mol. The van der Waals surface area contributed by atoms with Crippen molar-refractivity contribution in [3.8, 4) is 0 Å². The van der Waals surface area contributed by atoms with Gasteiger partial charge < -0.3 is 15.0 Å². The van der Waals surface area contributed by atoms with Crippen molar-refractivity contribution in [3.05, 3.63) is 35.9 Å². The molecule has 2 amide bonds. The number of hydrogen-bond donors (Lipinski definition) is 1. The molecule has 0 bridgehead atoms. The van der Waals surface area contributed by atoms with Crippen molar-refractivity contribution in [1.29, 1.82) is 0 Å². The summed E-state index contributed by atoms with van der Waals surface area (Å²) in [7, 11) is 0. The molecular weight excluding hydrogens is 368 g/mol. The van der Waals surface area contributed by atoms with Gasteiger partial charge in [0.05, 0.1) is 6.61 Å². The Bertz CT molecular complexity index is 751. The molecule has 1 heterocycles. The standard InChI is InChI=1S/C23H30N2O4/c1-2-29-21(26)15-12-17-10-13-19(14-11-17)24-22(27)20-9-6-16-25(20)23(28)18-7-4-3-5-8-18/h10-15,18,20H,2-9,16H2,1H3,(H,24,27). The second-order valence-corrected chi connectivity index (χ2v) is 7.72. The van der Waals surface area contributed by atoms with Gasteiger partial charge in [0.2, 0.25) is 11.8 Å². The van der Waals surface area contributed by atoms with Crippen molar-refractivity contribution in [2.24, 2.45) is 5.92 Å². The van der Waals surface area contributed by atoms with Gasteiger partial charge in [-0.3, -0.25) is 9.59 Å². The zero-order chi connectivity index (χ0) is 20.6. The van der Waals surface area contributed by atoms with E-state index < -0.39 is 0 Å². The van der Waals surface area contributed by atoms with Gasteiger partial charge in [0, 0.05) is 24.2 Å². The molecule has 29 heavy (non-hydrogen) atoms. The molecule has 1 aliphatic heterocycles. The molecule has 2 aliphatic rings. The number of likely N-dealkylation sites (tertiary alicyclic amines) is 1. The van der Waals surface area contributed by atoms with Gasteiger partial charge in [0.25, 0.3) is 0 Å². The number of hydrogen-bond acceptors (Lipinski definition) is 4. The highest BCUT2D eigenvalue weighted by molar-refractivity contribution is 5.98. The van der Waals surface area contributed by atoms with Gasteiger partial charge in [-0.15, -0.1) is 0 Å². The molecule has 1 atom stereocenters. The highest BCUT2D eigenvalue weighted by Crippen LogP contribution is 2.29. The van der Waals surface area contributed by atoms with E-state index in [1.165, 1.54) is 12.5 Å². The molecular formula is C23H30N2O4. The highest BCUT2D eigenvalue weighted by Gasteiger charge is 2.37. The number of nitrogens with one attached hydrogen (secondary N) is 1. The second kappa shape index (κ2) is 10.2. The zero-order valence-corrected chi connectivity index (χ0v) is 17.1. The zero-order valence-electron chi connectivity index (χ0n) is 17.1. The summed E-state index contributed by atoms with van der Waals surface area (Å²) in [6.45, 7) is 2.78. The number of benzene rings is 1. The molecule has 3 rings (SSSR count). The van der Waals surface area contributed by atoms with Crippen LogP contribution in [0, 0.1) is 5.92 Å². The Morgan fingerprint density at radius 3 is 2.48 bits per heavy atom. The minimum absolute atomic E-state index is 0.0858. The van der Waals surface area contributed by atoms with Crippen molar-refractivity contribution in [2.45, 2.75) is 57.9 Å². The Balaban J connectivity index is 1.57. The predicted octanol–water partition coefficient (Wildman–Crippen LogP) is 3.77. The molecule has 1 aromatic rings. The minimum Gasteiger partial charge on any atom is -0.463 e. The van der Waals surface area contributed by atoms with E-state index in [9.17, 15) is 14.4 Å². The van der Waals surface area contributed by atoms with Gasteiger partial charge in [-0.1, -0.05) is 31.4 Å². The van der Waals surface area contributed by atoms with Crippen LogP contribution >= 0.6 is 0 Å². The van der Waals surface area contributed by atoms with Gasteiger partial charge in [0.1, 0.15) is 6.04 Å². The SMILES string of the molecule is CCOC(=O)C=Cc1ccc(NC(=O)C2CCCN2C(=O)C2CCCCC2)cc1. The Morgan fingerprint density at radius 1 is 1.07 bits per heavy atom. The summed E-state index contributed by atoms with van der Waals surface area (Å²) in [5.74, 6) is -0.264. The van der Waals surface area contributed by atoms with E-state index in [1.54, 1.807) is 30.0 Å². The molecule has 6 nitrogen and oxygen atoms in total. The second-order valence-electron chi connectivity index (χ2n) is 7.72. The van der Waals surface area contributed by atoms with E-state index in [-0.39, 0.29) is 29.7 Å². The van der Waals surface area contributed by atoms with E-state index in [1.807, 2.05) is 12.1 Å². The highest BCUT2D eigenvalue weighted by atomic mass is 16.5. The van der Waals surface area contributed by atoms with Crippen molar-refractivity contribution in [2.75, 3.05) is 18.5 Å². The third-order valence-corrected chi connectivity index (χ3v) is 5.67. The molecule has 1 unspecified atom stereocenters. The van der Waals surface area contributed by atoms with Crippen LogP contribution in [0.2, 0.25) is 0 Å². The quantitative estimate of drug-likeness (QED) is 0.585. The molecule has 6 heteroatoms. The summed E-state index contributed by atoms with van der Waals surface area (Å²) >= 11 is 0. The Labute approximate surface area is 172 Å². The summed E-state index contributed by atoms with van der Waals surface area (Å²) in [6, 6.07) is 6.86. The third-order valence-electron chi connectivity index (χ3n) is 5.67. The topological polar surface area (TPSA) is 75.7 Å². The first kappa shape index (κ1) is 21.1. The fourth-order valence-electron chi connectivity index (χ4n) is 4.14. The summed E-state index contributed by atoms with van der Waals surface area (Å²) in [5, 5.41) is 2.94. The van der Waals surface area contributed by atoms with E-state index in [0.29, 0.717) is 25.3 Å². The Morgan fingerprint density at radius 2 is 1.79 bits per heavy atom. The summed E-state index contributed by atoms with van der Waals surface area (Å²) < 4.78 is 4.86. The largest absolute Gasteiger partial charge is 0.463 e. The van der Waals surface area contributed by atoms with Crippen LogP contribution in [0.4, 0.5) is 5.69 Å². The fourth-order valence-corrected chi connectivity index (χ4v) is 4.14. The number of rotatable bonds is 6. The van der Waals surface area contributed by atoms with Crippen molar-refractivity contribution in [3.63, 3.8) is 0 Å². The summed E-state index contributed by atoms with van der Waals surface area (Å²) in [6.07, 6.45) is 9.96. The van der Waals surface area contributed by atoms with Crippen LogP contribution in [0.1, 0.15) is 57.4 Å². The molecule has 0 spiro atoms. The lowest BCUT2D eigenvalue weighted by Crippen LogP contribution is -2.46. The molecule has 1 saturated carbocycles. The molecule has 1 saturated heterocycles. The third kappa shape index (κ3) is 5.68. The number of nitrogens with zero attached hydrogens (tertiary/aromatic N) is 1. The van der Waals surface area contributed by atoms with Gasteiger partial charge in [-0.2, -0.15) is 0 Å². The normalized spacial score (nSPS) is 20.0. The lowest BCUT2D eigenvalue weighted by Gasteiger charge is -2.30. The number of anilines is 1. The van der Waals surface area contributed by atoms with Gasteiger partial charge in [-0.05, 0) is 56.4 Å². The number of amides is 2. The van der Waals surface area contributed by atoms with Crippen LogP contribution in [0.3, 0.4) is 0 Å². The first-order chi connectivity index (χ1) is 14.1. The van der Waals surface area contributed by atoms with Crippen molar-refractivity contribution < 1.29 is 19.1 Å². The van der Waals surface area contributed by atoms with Gasteiger partial charge in [0.15, 0.2) is 0 Å². The lowest BCUT2D eigenvalue weighted by molar-refractivity contribution is -0.141. The smallest absolute Gasteiger partial charge is 0.330 e. The Kier molecular flexibility index (Phi) is 7.44. The molecule has 156 valence electrons. The van der Waals surface area contributed by atoms with Crippen LogP contribution in [-0.4, -0.2) is 41.9 Å². The van der Waals surface area contributed by atoms with E-state index in [2.05, 4.69) is 5.32 Å². The lowest BCUT2D eigenvalue weighted by atomic mass is 9.88. The molecule has 1 aliphatic carbocycles. The van der Waals surface area contributed by atoms with Crippen LogP contribution in [0.5, 0.6) is 0 Å². The molecule has 0 radical (unpaired) electrons.